The Morgan fingerprint density at radius 1 is 1.21 bits per heavy atom. The predicted molar refractivity (Wildman–Crippen MR) is 94.2 cm³/mol. The van der Waals surface area contributed by atoms with Gasteiger partial charge in [-0.2, -0.15) is 0 Å². The molecule has 1 N–H and O–H groups in total. The SMILES string of the molecule is Cc1cccc(N2CCN(C(=O)C[C@@H]3SC(=O)NC3=O)CC2)c1C. The predicted octanol–water partition coefficient (Wildman–Crippen LogP) is 1.69. The second-order valence-corrected chi connectivity index (χ2v) is 7.35. The van der Waals surface area contributed by atoms with Crippen molar-refractivity contribution in [2.24, 2.45) is 0 Å². The first-order valence-electron chi connectivity index (χ1n) is 8.06. The van der Waals surface area contributed by atoms with Crippen molar-refractivity contribution >= 4 is 34.5 Å². The molecule has 2 saturated heterocycles. The maximum absolute atomic E-state index is 12.4. The van der Waals surface area contributed by atoms with Gasteiger partial charge in [0.05, 0.1) is 0 Å². The van der Waals surface area contributed by atoms with Crippen molar-refractivity contribution in [3.63, 3.8) is 0 Å². The zero-order chi connectivity index (χ0) is 17.3. The van der Waals surface area contributed by atoms with Crippen LogP contribution in [0.25, 0.3) is 0 Å². The standard InChI is InChI=1S/C17H21N3O3S/c1-11-4-3-5-13(12(11)2)19-6-8-20(9-7-19)15(21)10-14-16(22)18-17(23)24-14/h3-5,14H,6-10H2,1-2H3,(H,18,22,23)/t14-/m0/s1. The van der Waals surface area contributed by atoms with Crippen molar-refractivity contribution in [2.45, 2.75) is 25.5 Å². The van der Waals surface area contributed by atoms with Gasteiger partial charge in [-0.05, 0) is 31.0 Å². The van der Waals surface area contributed by atoms with E-state index in [9.17, 15) is 14.4 Å². The molecule has 2 aliphatic heterocycles. The van der Waals surface area contributed by atoms with Gasteiger partial charge in [-0.1, -0.05) is 23.9 Å². The van der Waals surface area contributed by atoms with E-state index in [0.717, 1.165) is 24.9 Å². The summed E-state index contributed by atoms with van der Waals surface area (Å²) in [7, 11) is 0. The van der Waals surface area contributed by atoms with E-state index in [1.807, 2.05) is 0 Å². The van der Waals surface area contributed by atoms with E-state index >= 15 is 0 Å². The summed E-state index contributed by atoms with van der Waals surface area (Å²) in [5, 5.41) is 1.28. The summed E-state index contributed by atoms with van der Waals surface area (Å²) < 4.78 is 0. The Bertz CT molecular complexity index is 684. The van der Waals surface area contributed by atoms with Gasteiger partial charge in [0.2, 0.25) is 11.8 Å². The summed E-state index contributed by atoms with van der Waals surface area (Å²) in [6.07, 6.45) is 0.0890. The number of nitrogens with one attached hydrogen (secondary N) is 1. The van der Waals surface area contributed by atoms with Crippen LogP contribution in [-0.2, 0) is 9.59 Å². The number of carbonyl (C=O) groups excluding carboxylic acids is 3. The van der Waals surface area contributed by atoms with Crippen molar-refractivity contribution in [1.29, 1.82) is 0 Å². The number of nitrogens with zero attached hydrogens (tertiary/aromatic N) is 2. The highest BCUT2D eigenvalue weighted by atomic mass is 32.2. The fourth-order valence-corrected chi connectivity index (χ4v) is 3.90. The number of piperazine rings is 1. The Balaban J connectivity index is 1.57. The first kappa shape index (κ1) is 16.8. The van der Waals surface area contributed by atoms with Crippen LogP contribution in [0.15, 0.2) is 18.2 Å². The summed E-state index contributed by atoms with van der Waals surface area (Å²) in [4.78, 5) is 39.2. The summed E-state index contributed by atoms with van der Waals surface area (Å²) in [5.41, 5.74) is 3.76. The molecule has 3 rings (SSSR count). The van der Waals surface area contributed by atoms with Crippen LogP contribution in [0.1, 0.15) is 17.5 Å². The van der Waals surface area contributed by atoms with Crippen molar-refractivity contribution in [1.82, 2.24) is 10.2 Å². The Labute approximate surface area is 145 Å². The number of hydrogen-bond donors (Lipinski definition) is 1. The maximum Gasteiger partial charge on any atom is 0.286 e. The summed E-state index contributed by atoms with van der Waals surface area (Å²) in [5.74, 6) is -0.412. The van der Waals surface area contributed by atoms with Crippen molar-refractivity contribution < 1.29 is 14.4 Å². The lowest BCUT2D eigenvalue weighted by Gasteiger charge is -2.37. The molecule has 0 radical (unpaired) electrons. The van der Waals surface area contributed by atoms with E-state index in [2.05, 4.69) is 42.3 Å². The molecule has 2 aliphatic rings. The number of anilines is 1. The van der Waals surface area contributed by atoms with Crippen LogP contribution in [0.3, 0.4) is 0 Å². The number of carbonyl (C=O) groups is 3. The molecule has 7 heteroatoms. The average Bonchev–Trinajstić information content (AvgIpc) is 2.87. The van der Waals surface area contributed by atoms with Crippen LogP contribution in [0, 0.1) is 13.8 Å². The normalized spacial score (nSPS) is 21.2. The molecule has 2 fully saturated rings. The third-order valence-corrected chi connectivity index (χ3v) is 5.66. The van der Waals surface area contributed by atoms with Gasteiger partial charge in [-0.25, -0.2) is 0 Å². The summed E-state index contributed by atoms with van der Waals surface area (Å²) in [6, 6.07) is 6.28. The second kappa shape index (κ2) is 6.84. The molecule has 1 atom stereocenters. The minimum atomic E-state index is -0.581. The number of hydrogen-bond acceptors (Lipinski definition) is 5. The summed E-state index contributed by atoms with van der Waals surface area (Å²) >= 11 is 0.909. The molecule has 6 nitrogen and oxygen atoms in total. The van der Waals surface area contributed by atoms with Crippen LogP contribution >= 0.6 is 11.8 Å². The van der Waals surface area contributed by atoms with Crippen LogP contribution in [0.4, 0.5) is 10.5 Å². The average molecular weight is 347 g/mol. The van der Waals surface area contributed by atoms with E-state index in [1.54, 1.807) is 4.90 Å². The molecule has 0 unspecified atom stereocenters. The lowest BCUT2D eigenvalue weighted by atomic mass is 10.1. The van der Waals surface area contributed by atoms with Crippen LogP contribution in [0.5, 0.6) is 0 Å². The Hall–Kier alpha value is -2.02. The van der Waals surface area contributed by atoms with E-state index in [1.165, 1.54) is 16.8 Å². The lowest BCUT2D eigenvalue weighted by Crippen LogP contribution is -2.49. The van der Waals surface area contributed by atoms with Crippen LogP contribution < -0.4 is 10.2 Å². The topological polar surface area (TPSA) is 69.7 Å². The number of imide groups is 1. The van der Waals surface area contributed by atoms with Gasteiger partial charge in [-0.3, -0.25) is 19.7 Å². The first-order chi connectivity index (χ1) is 11.5. The zero-order valence-electron chi connectivity index (χ0n) is 13.9. The molecular weight excluding hydrogens is 326 g/mol. The van der Waals surface area contributed by atoms with E-state index in [-0.39, 0.29) is 23.5 Å². The molecule has 3 amide bonds. The molecule has 2 heterocycles. The van der Waals surface area contributed by atoms with Crippen LogP contribution in [-0.4, -0.2) is 53.4 Å². The van der Waals surface area contributed by atoms with Gasteiger partial charge < -0.3 is 9.80 Å². The molecule has 128 valence electrons. The lowest BCUT2D eigenvalue weighted by molar-refractivity contribution is -0.133. The molecule has 24 heavy (non-hydrogen) atoms. The minimum absolute atomic E-state index is 0.0574. The quantitative estimate of drug-likeness (QED) is 0.901. The highest BCUT2D eigenvalue weighted by Gasteiger charge is 2.35. The minimum Gasteiger partial charge on any atom is -0.368 e. The molecule has 0 aromatic heterocycles. The van der Waals surface area contributed by atoms with Crippen molar-refractivity contribution in [3.05, 3.63) is 29.3 Å². The fourth-order valence-electron chi connectivity index (χ4n) is 3.09. The number of amides is 3. The Morgan fingerprint density at radius 3 is 2.54 bits per heavy atom. The van der Waals surface area contributed by atoms with Gasteiger partial charge in [0, 0.05) is 38.3 Å². The number of benzene rings is 1. The van der Waals surface area contributed by atoms with Gasteiger partial charge in [0.15, 0.2) is 0 Å². The Kier molecular flexibility index (Phi) is 4.80. The van der Waals surface area contributed by atoms with Gasteiger partial charge in [0.25, 0.3) is 5.24 Å². The summed E-state index contributed by atoms with van der Waals surface area (Å²) in [6.45, 7) is 7.05. The third kappa shape index (κ3) is 3.40. The monoisotopic (exact) mass is 347 g/mol. The number of thioether (sulfide) groups is 1. The molecule has 1 aromatic carbocycles. The van der Waals surface area contributed by atoms with Crippen molar-refractivity contribution in [2.75, 3.05) is 31.1 Å². The molecule has 0 bridgehead atoms. The molecule has 1 aromatic rings. The first-order valence-corrected chi connectivity index (χ1v) is 8.94. The molecular formula is C17H21N3O3S. The highest BCUT2D eigenvalue weighted by Crippen LogP contribution is 2.25. The van der Waals surface area contributed by atoms with E-state index in [0.29, 0.717) is 13.1 Å². The highest BCUT2D eigenvalue weighted by molar-refractivity contribution is 8.15. The van der Waals surface area contributed by atoms with Crippen LogP contribution in [0.2, 0.25) is 0 Å². The molecule has 0 aliphatic carbocycles. The van der Waals surface area contributed by atoms with Gasteiger partial charge >= 0.3 is 0 Å². The van der Waals surface area contributed by atoms with Gasteiger partial charge in [-0.15, -0.1) is 0 Å². The molecule has 0 saturated carbocycles. The largest absolute Gasteiger partial charge is 0.368 e. The van der Waals surface area contributed by atoms with Crippen molar-refractivity contribution in [3.8, 4) is 0 Å². The van der Waals surface area contributed by atoms with Gasteiger partial charge in [0.1, 0.15) is 5.25 Å². The fraction of sp³-hybridized carbons (Fsp3) is 0.471. The van der Waals surface area contributed by atoms with E-state index < -0.39 is 5.25 Å². The van der Waals surface area contributed by atoms with E-state index in [4.69, 9.17) is 0 Å². The molecule has 0 spiro atoms. The third-order valence-electron chi connectivity index (χ3n) is 4.68. The number of aryl methyl sites for hydroxylation is 1. The zero-order valence-corrected chi connectivity index (χ0v) is 14.7. The number of rotatable bonds is 3. The second-order valence-electron chi connectivity index (χ2n) is 6.17. The smallest absolute Gasteiger partial charge is 0.286 e. The Morgan fingerprint density at radius 2 is 1.92 bits per heavy atom. The maximum atomic E-state index is 12.4.